The summed E-state index contributed by atoms with van der Waals surface area (Å²) < 4.78 is 0. The van der Waals surface area contributed by atoms with E-state index in [1.807, 2.05) is 6.20 Å². The predicted molar refractivity (Wildman–Crippen MR) is 88.9 cm³/mol. The van der Waals surface area contributed by atoms with Gasteiger partial charge < -0.3 is 15.5 Å². The van der Waals surface area contributed by atoms with Crippen LogP contribution in [0.25, 0.3) is 0 Å². The molecule has 0 bridgehead atoms. The molecule has 0 spiro atoms. The topological polar surface area (TPSA) is 53.1 Å². The Labute approximate surface area is 128 Å². The van der Waals surface area contributed by atoms with Gasteiger partial charge in [0.05, 0.1) is 0 Å². The van der Waals surface area contributed by atoms with Gasteiger partial charge in [0.25, 0.3) is 0 Å². The maximum atomic E-state index is 4.58. The van der Waals surface area contributed by atoms with E-state index in [0.29, 0.717) is 0 Å². The number of rotatable bonds is 7. The van der Waals surface area contributed by atoms with Gasteiger partial charge in [0.15, 0.2) is 0 Å². The van der Waals surface area contributed by atoms with E-state index >= 15 is 0 Å². The number of likely N-dealkylation sites (tertiary alicyclic amines) is 1. The fourth-order valence-electron chi connectivity index (χ4n) is 2.69. The summed E-state index contributed by atoms with van der Waals surface area (Å²) in [6, 6.07) is 0. The lowest BCUT2D eigenvalue weighted by atomic mass is 9.97. The fourth-order valence-corrected chi connectivity index (χ4v) is 2.69. The summed E-state index contributed by atoms with van der Waals surface area (Å²) in [4.78, 5) is 11.4. The molecule has 1 aliphatic heterocycles. The number of aryl methyl sites for hydroxylation is 1. The van der Waals surface area contributed by atoms with Gasteiger partial charge >= 0.3 is 0 Å². The van der Waals surface area contributed by atoms with Crippen LogP contribution in [-0.4, -0.2) is 47.6 Å². The highest BCUT2D eigenvalue weighted by Gasteiger charge is 2.18. The van der Waals surface area contributed by atoms with Crippen molar-refractivity contribution in [3.8, 4) is 0 Å². The van der Waals surface area contributed by atoms with Gasteiger partial charge in [0.2, 0.25) is 5.95 Å². The zero-order valence-electron chi connectivity index (χ0n) is 13.7. The number of hydrogen-bond donors (Lipinski definition) is 2. The van der Waals surface area contributed by atoms with E-state index in [1.165, 1.54) is 32.5 Å². The van der Waals surface area contributed by atoms with Crippen LogP contribution in [0.15, 0.2) is 6.20 Å². The molecule has 5 nitrogen and oxygen atoms in total. The van der Waals surface area contributed by atoms with E-state index in [4.69, 9.17) is 0 Å². The molecule has 2 N–H and O–H groups in total. The number of hydrogen-bond acceptors (Lipinski definition) is 5. The molecular formula is C16H29N5. The third-order valence-corrected chi connectivity index (χ3v) is 4.22. The zero-order chi connectivity index (χ0) is 15.1. The molecule has 21 heavy (non-hydrogen) atoms. The van der Waals surface area contributed by atoms with Gasteiger partial charge in [0.1, 0.15) is 5.82 Å². The molecule has 2 rings (SSSR count). The van der Waals surface area contributed by atoms with Gasteiger partial charge in [-0.3, -0.25) is 0 Å². The van der Waals surface area contributed by atoms with Crippen LogP contribution in [0.3, 0.4) is 0 Å². The first kappa shape index (κ1) is 16.0. The van der Waals surface area contributed by atoms with Crippen LogP contribution in [0.2, 0.25) is 0 Å². The summed E-state index contributed by atoms with van der Waals surface area (Å²) in [7, 11) is 0. The monoisotopic (exact) mass is 291 g/mol. The Kier molecular flexibility index (Phi) is 6.23. The van der Waals surface area contributed by atoms with Crippen LogP contribution in [0.1, 0.15) is 38.7 Å². The first-order valence-electron chi connectivity index (χ1n) is 8.26. The first-order valence-corrected chi connectivity index (χ1v) is 8.26. The minimum absolute atomic E-state index is 0.728. The normalized spacial score (nSPS) is 16.9. The third-order valence-electron chi connectivity index (χ3n) is 4.22. The molecule has 1 saturated heterocycles. The van der Waals surface area contributed by atoms with E-state index in [0.717, 1.165) is 42.8 Å². The van der Waals surface area contributed by atoms with E-state index in [1.54, 1.807) is 0 Å². The standard InChI is InChI=1S/C16H29N5/c1-4-8-17-16-19-11-13(3)15(20-16)18-12-14-6-9-21(5-2)10-7-14/h11,14H,4-10,12H2,1-3H3,(H2,17,18,19,20). The van der Waals surface area contributed by atoms with Crippen LogP contribution in [-0.2, 0) is 0 Å². The Morgan fingerprint density at radius 3 is 2.67 bits per heavy atom. The summed E-state index contributed by atoms with van der Waals surface area (Å²) >= 11 is 0. The molecule has 5 heteroatoms. The van der Waals surface area contributed by atoms with Crippen molar-refractivity contribution in [1.29, 1.82) is 0 Å². The minimum atomic E-state index is 0.728. The number of aromatic nitrogens is 2. The lowest BCUT2D eigenvalue weighted by Gasteiger charge is -2.31. The van der Waals surface area contributed by atoms with Gasteiger partial charge in [-0.05, 0) is 51.7 Å². The van der Waals surface area contributed by atoms with Crippen molar-refractivity contribution in [2.45, 2.75) is 40.0 Å². The Morgan fingerprint density at radius 2 is 2.00 bits per heavy atom. The number of piperidine rings is 1. The lowest BCUT2D eigenvalue weighted by Crippen LogP contribution is -2.35. The summed E-state index contributed by atoms with van der Waals surface area (Å²) in [5.41, 5.74) is 1.11. The van der Waals surface area contributed by atoms with E-state index in [-0.39, 0.29) is 0 Å². The molecule has 0 radical (unpaired) electrons. The van der Waals surface area contributed by atoms with Crippen molar-refractivity contribution >= 4 is 11.8 Å². The lowest BCUT2D eigenvalue weighted by molar-refractivity contribution is 0.198. The minimum Gasteiger partial charge on any atom is -0.369 e. The summed E-state index contributed by atoms with van der Waals surface area (Å²) in [6.45, 7) is 12.0. The predicted octanol–water partition coefficient (Wildman–Crippen LogP) is 2.75. The largest absolute Gasteiger partial charge is 0.369 e. The molecule has 0 aromatic carbocycles. The van der Waals surface area contributed by atoms with Crippen LogP contribution in [0.4, 0.5) is 11.8 Å². The van der Waals surface area contributed by atoms with Crippen LogP contribution in [0, 0.1) is 12.8 Å². The van der Waals surface area contributed by atoms with Gasteiger partial charge in [-0.25, -0.2) is 4.98 Å². The maximum Gasteiger partial charge on any atom is 0.224 e. The molecule has 1 fully saturated rings. The molecule has 0 atom stereocenters. The van der Waals surface area contributed by atoms with Gasteiger partial charge in [-0.1, -0.05) is 13.8 Å². The number of anilines is 2. The Balaban J connectivity index is 1.84. The van der Waals surface area contributed by atoms with Crippen molar-refractivity contribution in [2.75, 3.05) is 43.4 Å². The molecule has 118 valence electrons. The molecule has 1 aliphatic rings. The van der Waals surface area contributed by atoms with Gasteiger partial charge in [0, 0.05) is 24.8 Å². The second kappa shape index (κ2) is 8.17. The van der Waals surface area contributed by atoms with Crippen LogP contribution in [0.5, 0.6) is 0 Å². The number of nitrogens with zero attached hydrogens (tertiary/aromatic N) is 3. The smallest absolute Gasteiger partial charge is 0.224 e. The van der Waals surface area contributed by atoms with Crippen molar-refractivity contribution in [1.82, 2.24) is 14.9 Å². The van der Waals surface area contributed by atoms with E-state index < -0.39 is 0 Å². The highest BCUT2D eigenvalue weighted by Crippen LogP contribution is 2.19. The number of nitrogens with one attached hydrogen (secondary N) is 2. The van der Waals surface area contributed by atoms with Crippen molar-refractivity contribution in [2.24, 2.45) is 5.92 Å². The highest BCUT2D eigenvalue weighted by molar-refractivity contribution is 5.46. The van der Waals surface area contributed by atoms with E-state index in [2.05, 4.69) is 46.3 Å². The third kappa shape index (κ3) is 4.84. The van der Waals surface area contributed by atoms with Gasteiger partial charge in [-0.15, -0.1) is 0 Å². The van der Waals surface area contributed by atoms with Crippen LogP contribution < -0.4 is 10.6 Å². The molecule has 1 aromatic rings. The van der Waals surface area contributed by atoms with E-state index in [9.17, 15) is 0 Å². The molecule has 1 aromatic heterocycles. The SMILES string of the molecule is CCCNc1ncc(C)c(NCC2CCN(CC)CC2)n1. The maximum absolute atomic E-state index is 4.58. The van der Waals surface area contributed by atoms with Gasteiger partial charge in [-0.2, -0.15) is 4.98 Å². The second-order valence-electron chi connectivity index (χ2n) is 5.91. The first-order chi connectivity index (χ1) is 10.2. The molecule has 2 heterocycles. The fraction of sp³-hybridized carbons (Fsp3) is 0.750. The molecule has 0 saturated carbocycles. The zero-order valence-corrected chi connectivity index (χ0v) is 13.7. The average molecular weight is 291 g/mol. The highest BCUT2D eigenvalue weighted by atomic mass is 15.1. The van der Waals surface area contributed by atoms with Crippen molar-refractivity contribution < 1.29 is 0 Å². The van der Waals surface area contributed by atoms with Crippen molar-refractivity contribution in [3.63, 3.8) is 0 Å². The summed E-state index contributed by atoms with van der Waals surface area (Å²) in [5, 5.41) is 6.77. The molecule has 0 amide bonds. The Bertz CT molecular complexity index is 427. The molecule has 0 aliphatic carbocycles. The van der Waals surface area contributed by atoms with Crippen LogP contribution >= 0.6 is 0 Å². The Hall–Kier alpha value is -1.36. The summed E-state index contributed by atoms with van der Waals surface area (Å²) in [5.74, 6) is 2.46. The summed E-state index contributed by atoms with van der Waals surface area (Å²) in [6.07, 6.45) is 5.54. The molecule has 0 unspecified atom stereocenters. The second-order valence-corrected chi connectivity index (χ2v) is 5.91. The quantitative estimate of drug-likeness (QED) is 0.809. The Morgan fingerprint density at radius 1 is 1.24 bits per heavy atom. The molecular weight excluding hydrogens is 262 g/mol. The van der Waals surface area contributed by atoms with Crippen molar-refractivity contribution in [3.05, 3.63) is 11.8 Å². The average Bonchev–Trinajstić information content (AvgIpc) is 2.53.